The second-order valence-corrected chi connectivity index (χ2v) is 6.96. The van der Waals surface area contributed by atoms with Crippen molar-refractivity contribution in [2.75, 3.05) is 19.6 Å². The number of aliphatic carboxylic acids is 1. The number of hydrogen-bond acceptors (Lipinski definition) is 2. The summed E-state index contributed by atoms with van der Waals surface area (Å²) >= 11 is 0. The van der Waals surface area contributed by atoms with Crippen LogP contribution in [0.2, 0.25) is 0 Å². The van der Waals surface area contributed by atoms with Gasteiger partial charge in [0, 0.05) is 19.6 Å². The maximum atomic E-state index is 12.2. The molecule has 0 aromatic carbocycles. The highest BCUT2D eigenvalue weighted by Gasteiger charge is 2.45. The maximum Gasteiger partial charge on any atom is 0.317 e. The Morgan fingerprint density at radius 2 is 2.00 bits per heavy atom. The number of likely N-dealkylation sites (tertiary alicyclic amines) is 1. The third-order valence-corrected chi connectivity index (χ3v) is 5.00. The van der Waals surface area contributed by atoms with Crippen LogP contribution >= 0.6 is 0 Å². The summed E-state index contributed by atoms with van der Waals surface area (Å²) in [6, 6.07) is -0.102. The zero-order chi connectivity index (χ0) is 14.9. The van der Waals surface area contributed by atoms with Crippen molar-refractivity contribution in [3.05, 3.63) is 0 Å². The van der Waals surface area contributed by atoms with Gasteiger partial charge >= 0.3 is 12.0 Å². The Labute approximate surface area is 120 Å². The Morgan fingerprint density at radius 3 is 2.50 bits per heavy atom. The van der Waals surface area contributed by atoms with E-state index in [-0.39, 0.29) is 17.4 Å². The second kappa shape index (κ2) is 5.62. The van der Waals surface area contributed by atoms with E-state index in [9.17, 15) is 9.59 Å². The summed E-state index contributed by atoms with van der Waals surface area (Å²) in [7, 11) is 0. The molecule has 2 fully saturated rings. The summed E-state index contributed by atoms with van der Waals surface area (Å²) < 4.78 is 0. The van der Waals surface area contributed by atoms with Gasteiger partial charge in [0.1, 0.15) is 0 Å². The first-order valence-corrected chi connectivity index (χ1v) is 7.59. The van der Waals surface area contributed by atoms with Gasteiger partial charge in [0.05, 0.1) is 5.92 Å². The number of carboxylic acid groups (broad SMARTS) is 1. The number of nitrogens with zero attached hydrogens (tertiary/aromatic N) is 1. The number of carbonyl (C=O) groups is 2. The van der Waals surface area contributed by atoms with Crippen LogP contribution in [0.25, 0.3) is 0 Å². The molecule has 2 unspecified atom stereocenters. The van der Waals surface area contributed by atoms with Gasteiger partial charge in [0.2, 0.25) is 0 Å². The van der Waals surface area contributed by atoms with Gasteiger partial charge in [-0.15, -0.1) is 0 Å². The van der Waals surface area contributed by atoms with Crippen molar-refractivity contribution in [3.8, 4) is 0 Å². The quantitative estimate of drug-likeness (QED) is 0.830. The molecule has 5 nitrogen and oxygen atoms in total. The van der Waals surface area contributed by atoms with Crippen molar-refractivity contribution in [3.63, 3.8) is 0 Å². The van der Waals surface area contributed by atoms with Gasteiger partial charge in [-0.2, -0.15) is 0 Å². The number of urea groups is 1. The molecule has 1 saturated carbocycles. The fourth-order valence-corrected chi connectivity index (χ4v) is 3.18. The lowest BCUT2D eigenvalue weighted by Gasteiger charge is -2.35. The van der Waals surface area contributed by atoms with Crippen LogP contribution < -0.4 is 5.32 Å². The Hall–Kier alpha value is -1.26. The Bertz CT molecular complexity index is 391. The zero-order valence-corrected chi connectivity index (χ0v) is 12.7. The highest BCUT2D eigenvalue weighted by molar-refractivity contribution is 5.76. The smallest absolute Gasteiger partial charge is 0.317 e. The number of rotatable bonds is 4. The van der Waals surface area contributed by atoms with Crippen molar-refractivity contribution >= 4 is 12.0 Å². The van der Waals surface area contributed by atoms with Crippen LogP contribution in [0.5, 0.6) is 0 Å². The summed E-state index contributed by atoms with van der Waals surface area (Å²) in [5.41, 5.74) is 0.281. The third kappa shape index (κ3) is 3.25. The third-order valence-electron chi connectivity index (χ3n) is 5.00. The highest BCUT2D eigenvalue weighted by atomic mass is 16.4. The van der Waals surface area contributed by atoms with Crippen molar-refractivity contribution in [1.82, 2.24) is 10.2 Å². The van der Waals surface area contributed by atoms with E-state index in [0.717, 1.165) is 0 Å². The van der Waals surface area contributed by atoms with Crippen LogP contribution in [0.3, 0.4) is 0 Å². The molecule has 0 aromatic heterocycles. The topological polar surface area (TPSA) is 69.6 Å². The van der Waals surface area contributed by atoms with E-state index < -0.39 is 11.9 Å². The number of amides is 2. The molecule has 0 radical (unpaired) electrons. The first kappa shape index (κ1) is 15.1. The van der Waals surface area contributed by atoms with Crippen molar-refractivity contribution in [2.24, 2.45) is 23.2 Å². The fourth-order valence-electron chi connectivity index (χ4n) is 3.18. The van der Waals surface area contributed by atoms with Crippen molar-refractivity contribution in [2.45, 2.75) is 40.0 Å². The molecule has 20 heavy (non-hydrogen) atoms. The van der Waals surface area contributed by atoms with Crippen molar-refractivity contribution < 1.29 is 14.7 Å². The molecule has 0 spiro atoms. The van der Waals surface area contributed by atoms with Gasteiger partial charge in [0.15, 0.2) is 0 Å². The number of nitrogens with one attached hydrogen (secondary N) is 1. The number of carboxylic acids is 1. The number of carbonyl (C=O) groups excluding carboxylic acids is 1. The average molecular weight is 282 g/mol. The molecule has 2 N–H and O–H groups in total. The molecule has 2 aliphatic rings. The molecule has 1 heterocycles. The van der Waals surface area contributed by atoms with E-state index in [1.54, 1.807) is 4.90 Å². The minimum atomic E-state index is -0.796. The van der Waals surface area contributed by atoms with Gasteiger partial charge < -0.3 is 15.3 Å². The predicted octanol–water partition coefficient (Wildman–Crippen LogP) is 2.17. The zero-order valence-electron chi connectivity index (χ0n) is 12.7. The second-order valence-electron chi connectivity index (χ2n) is 6.96. The summed E-state index contributed by atoms with van der Waals surface area (Å²) in [6.45, 7) is 8.10. The monoisotopic (exact) mass is 282 g/mol. The van der Waals surface area contributed by atoms with Gasteiger partial charge in [-0.05, 0) is 36.5 Å². The summed E-state index contributed by atoms with van der Waals surface area (Å²) in [5, 5.41) is 12.1. The van der Waals surface area contributed by atoms with E-state index in [1.807, 2.05) is 6.92 Å². The molecule has 5 heteroatoms. The molecule has 0 bridgehead atoms. The van der Waals surface area contributed by atoms with Crippen LogP contribution in [0.4, 0.5) is 4.79 Å². The molecule has 0 aromatic rings. The molecule has 1 aliphatic carbocycles. The molecule has 1 aliphatic heterocycles. The highest BCUT2D eigenvalue weighted by Crippen LogP contribution is 2.51. The van der Waals surface area contributed by atoms with Crippen LogP contribution in [0, 0.1) is 23.2 Å². The first-order valence-electron chi connectivity index (χ1n) is 7.59. The first-order chi connectivity index (χ1) is 9.34. The van der Waals surface area contributed by atoms with Gasteiger partial charge in [-0.3, -0.25) is 4.79 Å². The van der Waals surface area contributed by atoms with Crippen molar-refractivity contribution in [1.29, 1.82) is 0 Å². The Morgan fingerprint density at radius 1 is 1.35 bits per heavy atom. The average Bonchev–Trinajstić information content (AvgIpc) is 3.16. The fraction of sp³-hybridized carbons (Fsp3) is 0.867. The molecule has 2 atom stereocenters. The van der Waals surface area contributed by atoms with Gasteiger partial charge in [0.25, 0.3) is 0 Å². The lowest BCUT2D eigenvalue weighted by Crippen LogP contribution is -2.50. The summed E-state index contributed by atoms with van der Waals surface area (Å²) in [5.74, 6) is -0.398. The van der Waals surface area contributed by atoms with E-state index >= 15 is 0 Å². The van der Waals surface area contributed by atoms with Crippen LogP contribution in [-0.2, 0) is 4.79 Å². The molecule has 114 valence electrons. The van der Waals surface area contributed by atoms with E-state index in [2.05, 4.69) is 19.2 Å². The van der Waals surface area contributed by atoms with Crippen LogP contribution in [0.1, 0.15) is 40.0 Å². The predicted molar refractivity (Wildman–Crippen MR) is 76.4 cm³/mol. The largest absolute Gasteiger partial charge is 0.481 e. The lowest BCUT2D eigenvalue weighted by molar-refractivity contribution is -0.143. The number of hydrogen-bond donors (Lipinski definition) is 2. The molecular weight excluding hydrogens is 256 g/mol. The summed E-state index contributed by atoms with van der Waals surface area (Å²) in [6.07, 6.45) is 3.02. The number of piperidine rings is 1. The minimum Gasteiger partial charge on any atom is -0.481 e. The standard InChI is InChI=1S/C15H26N2O3/c1-10(2)15(4-5-15)9-16-14(20)17-7-11(3)6-12(8-17)13(18)19/h10-12H,4-9H2,1-3H3,(H,16,20)(H,18,19). The van der Waals surface area contributed by atoms with E-state index in [0.29, 0.717) is 32.0 Å². The lowest BCUT2D eigenvalue weighted by atomic mass is 9.90. The van der Waals surface area contributed by atoms with Crippen LogP contribution in [0.15, 0.2) is 0 Å². The molecule has 2 amide bonds. The van der Waals surface area contributed by atoms with Crippen LogP contribution in [-0.4, -0.2) is 41.6 Å². The van der Waals surface area contributed by atoms with Gasteiger partial charge in [-0.25, -0.2) is 4.79 Å². The normalized spacial score (nSPS) is 28.3. The van der Waals surface area contributed by atoms with E-state index in [1.165, 1.54) is 12.8 Å². The van der Waals surface area contributed by atoms with E-state index in [4.69, 9.17) is 5.11 Å². The molecular formula is C15H26N2O3. The Kier molecular flexibility index (Phi) is 4.25. The summed E-state index contributed by atoms with van der Waals surface area (Å²) in [4.78, 5) is 25.0. The minimum absolute atomic E-state index is 0.102. The maximum absolute atomic E-state index is 12.2. The molecule has 2 rings (SSSR count). The SMILES string of the molecule is CC1CC(C(=O)O)CN(C(=O)NCC2(C(C)C)CC2)C1. The molecule has 1 saturated heterocycles. The Balaban J connectivity index is 1.87. The van der Waals surface area contributed by atoms with Gasteiger partial charge in [-0.1, -0.05) is 20.8 Å².